The van der Waals surface area contributed by atoms with Crippen molar-refractivity contribution in [1.29, 1.82) is 0 Å². The van der Waals surface area contributed by atoms with E-state index in [1.54, 1.807) is 0 Å². The van der Waals surface area contributed by atoms with Crippen LogP contribution in [0.25, 0.3) is 89.4 Å². The van der Waals surface area contributed by atoms with Gasteiger partial charge < -0.3 is 0 Å². The van der Waals surface area contributed by atoms with Gasteiger partial charge in [0.15, 0.2) is 17.5 Å². The Balaban J connectivity index is 1.24. The maximum Gasteiger partial charge on any atom is 0.164 e. The van der Waals surface area contributed by atoms with Crippen molar-refractivity contribution in [1.82, 2.24) is 19.9 Å². The first kappa shape index (κ1) is 26.2. The molecular weight excluding hydrogens is 560 g/mol. The number of pyridine rings is 1. The van der Waals surface area contributed by atoms with E-state index in [-0.39, 0.29) is 0 Å². The number of hydrogen-bond donors (Lipinski definition) is 0. The van der Waals surface area contributed by atoms with Crippen LogP contribution in [0.4, 0.5) is 0 Å². The number of hydrogen-bond acceptors (Lipinski definition) is 4. The molecule has 0 saturated carbocycles. The predicted octanol–water partition coefficient (Wildman–Crippen LogP) is 10.4. The van der Waals surface area contributed by atoms with Crippen LogP contribution in [0.15, 0.2) is 158 Å². The molecule has 8 aromatic rings. The Labute approximate surface area is 266 Å². The van der Waals surface area contributed by atoms with E-state index >= 15 is 0 Å². The topological polar surface area (TPSA) is 51.6 Å². The lowest BCUT2D eigenvalue weighted by Gasteiger charge is -2.15. The summed E-state index contributed by atoms with van der Waals surface area (Å²) in [6.45, 7) is 0. The second kappa shape index (κ2) is 10.7. The monoisotopic (exact) mass is 586 g/mol. The van der Waals surface area contributed by atoms with Gasteiger partial charge in [0.2, 0.25) is 0 Å². The molecule has 46 heavy (non-hydrogen) atoms. The summed E-state index contributed by atoms with van der Waals surface area (Å²) in [7, 11) is 0. The largest absolute Gasteiger partial charge is 0.264 e. The van der Waals surface area contributed by atoms with Crippen molar-refractivity contribution in [3.05, 3.63) is 158 Å². The normalized spacial score (nSPS) is 11.5. The molecule has 0 fully saturated rings. The first-order valence-electron chi connectivity index (χ1n) is 15.4. The summed E-state index contributed by atoms with van der Waals surface area (Å²) in [5, 5.41) is 2.44. The molecule has 6 aromatic carbocycles. The molecule has 0 aliphatic heterocycles. The highest BCUT2D eigenvalue weighted by Gasteiger charge is 2.22. The van der Waals surface area contributed by atoms with Crippen LogP contribution in [0.1, 0.15) is 0 Å². The fraction of sp³-hybridized carbons (Fsp3) is 0. The first-order valence-corrected chi connectivity index (χ1v) is 15.4. The minimum atomic E-state index is 0.642. The van der Waals surface area contributed by atoms with Gasteiger partial charge in [0.05, 0.1) is 0 Å². The van der Waals surface area contributed by atoms with Crippen molar-refractivity contribution in [3.63, 3.8) is 0 Å². The van der Waals surface area contributed by atoms with Crippen LogP contribution in [0.3, 0.4) is 0 Å². The van der Waals surface area contributed by atoms with E-state index in [0.29, 0.717) is 17.5 Å². The van der Waals surface area contributed by atoms with Gasteiger partial charge in [0.1, 0.15) is 0 Å². The minimum Gasteiger partial charge on any atom is -0.264 e. The molecule has 214 valence electrons. The van der Waals surface area contributed by atoms with Gasteiger partial charge >= 0.3 is 0 Å². The lowest BCUT2D eigenvalue weighted by molar-refractivity contribution is 1.07. The third-order valence-corrected chi connectivity index (χ3v) is 8.79. The van der Waals surface area contributed by atoms with Gasteiger partial charge in [0, 0.05) is 34.6 Å². The van der Waals surface area contributed by atoms with Crippen molar-refractivity contribution in [2.24, 2.45) is 0 Å². The summed E-state index contributed by atoms with van der Waals surface area (Å²) in [5.41, 5.74) is 12.4. The van der Waals surface area contributed by atoms with Crippen molar-refractivity contribution in [2.45, 2.75) is 0 Å². The summed E-state index contributed by atoms with van der Waals surface area (Å²) in [4.78, 5) is 19.4. The predicted molar refractivity (Wildman–Crippen MR) is 187 cm³/mol. The van der Waals surface area contributed by atoms with Gasteiger partial charge in [-0.1, -0.05) is 133 Å². The number of aromatic nitrogens is 4. The molecule has 0 bridgehead atoms. The molecule has 9 rings (SSSR count). The summed E-state index contributed by atoms with van der Waals surface area (Å²) in [6.07, 6.45) is 3.88. The summed E-state index contributed by atoms with van der Waals surface area (Å²) < 4.78 is 0. The average molecular weight is 587 g/mol. The number of nitrogens with zero attached hydrogens (tertiary/aromatic N) is 4. The van der Waals surface area contributed by atoms with Gasteiger partial charge in [-0.2, -0.15) is 0 Å². The van der Waals surface area contributed by atoms with Crippen LogP contribution in [0, 0.1) is 0 Å². The molecule has 2 heterocycles. The zero-order valence-corrected chi connectivity index (χ0v) is 24.8. The Kier molecular flexibility index (Phi) is 6.10. The quantitative estimate of drug-likeness (QED) is 0.206. The summed E-state index contributed by atoms with van der Waals surface area (Å²) in [5.74, 6) is 1.94. The van der Waals surface area contributed by atoms with Crippen molar-refractivity contribution in [3.8, 4) is 78.7 Å². The fourth-order valence-corrected chi connectivity index (χ4v) is 6.67. The Morgan fingerprint density at radius 1 is 0.326 bits per heavy atom. The molecule has 1 aliphatic rings. The van der Waals surface area contributed by atoms with Crippen LogP contribution in [0.2, 0.25) is 0 Å². The van der Waals surface area contributed by atoms with Crippen molar-refractivity contribution in [2.75, 3.05) is 0 Å². The van der Waals surface area contributed by atoms with Crippen molar-refractivity contribution < 1.29 is 0 Å². The van der Waals surface area contributed by atoms with E-state index in [2.05, 4.69) is 89.9 Å². The van der Waals surface area contributed by atoms with Gasteiger partial charge in [-0.3, -0.25) is 4.98 Å². The van der Waals surface area contributed by atoms with E-state index in [1.165, 1.54) is 38.6 Å². The Morgan fingerprint density at radius 2 is 0.826 bits per heavy atom. The second-order valence-electron chi connectivity index (χ2n) is 11.5. The molecule has 0 radical (unpaired) electrons. The molecule has 2 aromatic heterocycles. The number of benzene rings is 6. The van der Waals surface area contributed by atoms with Gasteiger partial charge in [-0.25, -0.2) is 15.0 Å². The zero-order chi connectivity index (χ0) is 30.5. The molecule has 0 unspecified atom stereocenters. The Morgan fingerprint density at radius 3 is 1.54 bits per heavy atom. The maximum absolute atomic E-state index is 4.98. The molecule has 0 N–H and O–H groups in total. The van der Waals surface area contributed by atoms with Crippen LogP contribution in [-0.2, 0) is 0 Å². The number of fused-ring (bicyclic) bond motifs is 5. The van der Waals surface area contributed by atoms with Crippen LogP contribution >= 0.6 is 0 Å². The fourth-order valence-electron chi connectivity index (χ4n) is 6.67. The van der Waals surface area contributed by atoms with Gasteiger partial charge in [-0.15, -0.1) is 0 Å². The van der Waals surface area contributed by atoms with Crippen LogP contribution < -0.4 is 0 Å². The standard InChI is InChI=1S/C42H26N4/c1-3-11-27(12-4-1)40-44-41(28-13-5-2-6-14-28)46-42(45-40)30-16-9-15-29(25-30)31-21-22-37-33-18-8-7-17-32(33)34-23-24-43-26-38(34)36-20-10-19-35(31)39(36)37/h1-26H. The minimum absolute atomic E-state index is 0.642. The van der Waals surface area contributed by atoms with E-state index in [1.807, 2.05) is 73.1 Å². The Bertz CT molecular complexity index is 2310. The highest BCUT2D eigenvalue weighted by molar-refractivity contribution is 6.16. The molecule has 0 spiro atoms. The smallest absolute Gasteiger partial charge is 0.164 e. The van der Waals surface area contributed by atoms with Gasteiger partial charge in [0.25, 0.3) is 0 Å². The molecule has 0 atom stereocenters. The van der Waals surface area contributed by atoms with E-state index < -0.39 is 0 Å². The molecular formula is C42H26N4. The Hall–Kier alpha value is -6.26. The average Bonchev–Trinajstić information content (AvgIpc) is 3.26. The SMILES string of the molecule is c1ccc(-c2nc(-c3ccccc3)nc(-c3cccc(-c4ccc5c6c(cccc46)-c4cnccc4-c4ccccc4-5)c3)n2)cc1. The number of rotatable bonds is 4. The molecule has 4 heteroatoms. The third kappa shape index (κ3) is 4.31. The lowest BCUT2D eigenvalue weighted by Crippen LogP contribution is -2.00. The highest BCUT2D eigenvalue weighted by atomic mass is 15.0. The van der Waals surface area contributed by atoms with Crippen LogP contribution in [-0.4, -0.2) is 19.9 Å². The van der Waals surface area contributed by atoms with E-state index in [4.69, 9.17) is 15.0 Å². The molecule has 1 aliphatic carbocycles. The third-order valence-electron chi connectivity index (χ3n) is 8.79. The first-order chi connectivity index (χ1) is 22.8. The highest BCUT2D eigenvalue weighted by Crippen LogP contribution is 2.49. The van der Waals surface area contributed by atoms with Crippen LogP contribution in [0.5, 0.6) is 0 Å². The van der Waals surface area contributed by atoms with Gasteiger partial charge in [-0.05, 0) is 61.8 Å². The van der Waals surface area contributed by atoms with Crippen molar-refractivity contribution >= 4 is 10.8 Å². The summed E-state index contributed by atoms with van der Waals surface area (Å²) in [6, 6.07) is 50.7. The lowest BCUT2D eigenvalue weighted by atomic mass is 9.89. The maximum atomic E-state index is 4.98. The summed E-state index contributed by atoms with van der Waals surface area (Å²) >= 11 is 0. The van der Waals surface area contributed by atoms with E-state index in [0.717, 1.165) is 33.4 Å². The molecule has 0 saturated heterocycles. The molecule has 4 nitrogen and oxygen atoms in total. The zero-order valence-electron chi connectivity index (χ0n) is 24.8. The van der Waals surface area contributed by atoms with E-state index in [9.17, 15) is 0 Å². The second-order valence-corrected chi connectivity index (χ2v) is 11.5. The molecule has 0 amide bonds.